The molecular weight excluding hydrogens is 506 g/mol. The van der Waals surface area contributed by atoms with Gasteiger partial charge in [-0.05, 0) is 48.7 Å². The summed E-state index contributed by atoms with van der Waals surface area (Å²) in [6, 6.07) is 15.4. The molecule has 1 saturated heterocycles. The van der Waals surface area contributed by atoms with Crippen LogP contribution >= 0.6 is 0 Å². The van der Waals surface area contributed by atoms with E-state index in [2.05, 4.69) is 20.0 Å². The van der Waals surface area contributed by atoms with Crippen LogP contribution in [0.15, 0.2) is 78.0 Å². The van der Waals surface area contributed by atoms with E-state index in [4.69, 9.17) is 0 Å². The van der Waals surface area contributed by atoms with E-state index in [-0.39, 0.29) is 40.9 Å². The third-order valence-corrected chi connectivity index (χ3v) is 8.33. The highest BCUT2D eigenvalue weighted by Crippen LogP contribution is 2.39. The number of imide groups is 1. The lowest BCUT2D eigenvalue weighted by Gasteiger charge is -2.26. The number of fused-ring (bicyclic) bond motifs is 1. The van der Waals surface area contributed by atoms with Crippen molar-refractivity contribution in [1.82, 2.24) is 14.9 Å². The van der Waals surface area contributed by atoms with Crippen LogP contribution in [-0.4, -0.2) is 47.0 Å². The average Bonchev–Trinajstić information content (AvgIpc) is 3.18. The normalized spacial score (nSPS) is 20.1. The van der Waals surface area contributed by atoms with Gasteiger partial charge in [0.15, 0.2) is 0 Å². The van der Waals surface area contributed by atoms with Gasteiger partial charge in [0.1, 0.15) is 6.04 Å². The fraction of sp³-hybridized carbons (Fsp3) is 0.296. The zero-order chi connectivity index (χ0) is 26.7. The fourth-order valence-electron chi connectivity index (χ4n) is 5.11. The first-order valence-electron chi connectivity index (χ1n) is 12.4. The fourth-order valence-corrected chi connectivity index (χ4v) is 6.07. The smallest absolute Gasteiger partial charge is 0.264 e. The van der Waals surface area contributed by atoms with Crippen molar-refractivity contribution in [1.29, 1.82) is 0 Å². The Kier molecular flexibility index (Phi) is 7.19. The van der Waals surface area contributed by atoms with E-state index in [1.807, 2.05) is 30.3 Å². The molecule has 5 rings (SSSR count). The molecule has 38 heavy (non-hydrogen) atoms. The van der Waals surface area contributed by atoms with Gasteiger partial charge in [0.25, 0.3) is 10.0 Å². The lowest BCUT2D eigenvalue weighted by Crippen LogP contribution is -2.49. The van der Waals surface area contributed by atoms with Gasteiger partial charge in [-0.1, -0.05) is 43.2 Å². The Hall–Kier alpha value is -4.12. The topological polar surface area (TPSA) is 138 Å². The molecule has 3 amide bonds. The summed E-state index contributed by atoms with van der Waals surface area (Å²) in [5.41, 5.74) is 1.15. The van der Waals surface area contributed by atoms with E-state index >= 15 is 0 Å². The zero-order valence-corrected chi connectivity index (χ0v) is 21.3. The Morgan fingerprint density at radius 1 is 0.895 bits per heavy atom. The summed E-state index contributed by atoms with van der Waals surface area (Å²) in [5.74, 6) is -1.88. The standard InChI is InChI=1S/C27H27N5O5S/c33-24(30-19-11-13-20(14-12-19)38(36,37)31-27-28-15-6-16-29-27)23(17-18-7-2-1-3-8-18)32-25(34)21-9-4-5-10-22(21)26(32)35/h1-3,6-8,11-16,21-23H,4-5,9-10,17H2,(H,30,33)(H,28,29,31)/t21-,22-,23-/m0/s1. The van der Waals surface area contributed by atoms with Crippen LogP contribution < -0.4 is 10.0 Å². The number of benzene rings is 2. The molecule has 3 aromatic rings. The van der Waals surface area contributed by atoms with Crippen molar-refractivity contribution < 1.29 is 22.8 Å². The molecule has 2 N–H and O–H groups in total. The summed E-state index contributed by atoms with van der Waals surface area (Å²) >= 11 is 0. The minimum absolute atomic E-state index is 0.0437. The van der Waals surface area contributed by atoms with Crippen molar-refractivity contribution in [3.05, 3.63) is 78.6 Å². The molecule has 1 saturated carbocycles. The van der Waals surface area contributed by atoms with E-state index in [9.17, 15) is 22.8 Å². The Morgan fingerprint density at radius 2 is 1.50 bits per heavy atom. The van der Waals surface area contributed by atoms with Crippen molar-refractivity contribution in [3.8, 4) is 0 Å². The SMILES string of the molecule is O=C(Nc1ccc(S(=O)(=O)Nc2ncccn2)cc1)[C@H](Cc1ccccc1)N1C(=O)[C@H]2CCCC[C@@H]2C1=O. The van der Waals surface area contributed by atoms with Crippen LogP contribution in [0.5, 0.6) is 0 Å². The predicted molar refractivity (Wildman–Crippen MR) is 139 cm³/mol. The van der Waals surface area contributed by atoms with Crippen LogP contribution in [0.3, 0.4) is 0 Å². The average molecular weight is 534 g/mol. The third kappa shape index (κ3) is 5.28. The number of nitrogens with one attached hydrogen (secondary N) is 2. The van der Waals surface area contributed by atoms with Crippen molar-refractivity contribution in [2.45, 2.75) is 43.0 Å². The number of aromatic nitrogens is 2. The molecule has 2 heterocycles. The molecule has 196 valence electrons. The predicted octanol–water partition coefficient (Wildman–Crippen LogP) is 3.00. The third-order valence-electron chi connectivity index (χ3n) is 6.98. The lowest BCUT2D eigenvalue weighted by molar-refractivity contribution is -0.146. The van der Waals surface area contributed by atoms with Crippen molar-refractivity contribution in [2.24, 2.45) is 11.8 Å². The van der Waals surface area contributed by atoms with Gasteiger partial charge in [-0.25, -0.2) is 23.1 Å². The van der Waals surface area contributed by atoms with Crippen LogP contribution in [0.4, 0.5) is 11.6 Å². The Bertz CT molecular complexity index is 1410. The minimum atomic E-state index is -3.94. The number of anilines is 2. The molecule has 1 aliphatic heterocycles. The Balaban J connectivity index is 1.36. The van der Waals surface area contributed by atoms with E-state index in [1.54, 1.807) is 6.07 Å². The number of hydrogen-bond donors (Lipinski definition) is 2. The first-order valence-corrected chi connectivity index (χ1v) is 13.9. The summed E-state index contributed by atoms with van der Waals surface area (Å²) in [4.78, 5) is 48.9. The quantitative estimate of drug-likeness (QED) is 0.425. The Morgan fingerprint density at radius 3 is 2.11 bits per heavy atom. The number of nitrogens with zero attached hydrogens (tertiary/aromatic N) is 3. The molecule has 2 aromatic carbocycles. The van der Waals surface area contributed by atoms with Gasteiger partial charge in [-0.3, -0.25) is 19.3 Å². The van der Waals surface area contributed by atoms with Crippen molar-refractivity contribution in [2.75, 3.05) is 10.0 Å². The summed E-state index contributed by atoms with van der Waals surface area (Å²) in [7, 11) is -3.94. The Labute approximate surface area is 220 Å². The van der Waals surface area contributed by atoms with Crippen LogP contribution in [0.25, 0.3) is 0 Å². The molecule has 0 spiro atoms. The highest BCUT2D eigenvalue weighted by Gasteiger charge is 2.51. The molecule has 3 atom stereocenters. The highest BCUT2D eigenvalue weighted by atomic mass is 32.2. The van der Waals surface area contributed by atoms with Gasteiger partial charge >= 0.3 is 0 Å². The van der Waals surface area contributed by atoms with E-state index < -0.39 is 22.0 Å². The molecule has 10 nitrogen and oxygen atoms in total. The van der Waals surface area contributed by atoms with Crippen LogP contribution in [-0.2, 0) is 30.8 Å². The first kappa shape index (κ1) is 25.5. The number of sulfonamides is 1. The second-order valence-corrected chi connectivity index (χ2v) is 11.1. The number of likely N-dealkylation sites (tertiary alicyclic amines) is 1. The van der Waals surface area contributed by atoms with E-state index in [1.165, 1.54) is 36.7 Å². The first-order chi connectivity index (χ1) is 18.3. The number of amides is 3. The number of hydrogen-bond acceptors (Lipinski definition) is 7. The molecule has 1 aliphatic carbocycles. The number of carbonyl (C=O) groups is 3. The van der Waals surface area contributed by atoms with Crippen LogP contribution in [0.1, 0.15) is 31.2 Å². The van der Waals surface area contributed by atoms with Gasteiger partial charge in [0.2, 0.25) is 23.7 Å². The summed E-state index contributed by atoms with van der Waals surface area (Å²) in [6.45, 7) is 0. The van der Waals surface area contributed by atoms with Gasteiger partial charge in [0.05, 0.1) is 16.7 Å². The largest absolute Gasteiger partial charge is 0.324 e. The second kappa shape index (κ2) is 10.7. The van der Waals surface area contributed by atoms with Gasteiger partial charge in [-0.2, -0.15) is 0 Å². The minimum Gasteiger partial charge on any atom is -0.324 e. The highest BCUT2D eigenvalue weighted by molar-refractivity contribution is 7.92. The van der Waals surface area contributed by atoms with Crippen LogP contribution in [0.2, 0.25) is 0 Å². The van der Waals surface area contributed by atoms with Gasteiger partial charge in [0, 0.05) is 24.5 Å². The lowest BCUT2D eigenvalue weighted by atomic mass is 9.81. The molecular formula is C27H27N5O5S. The zero-order valence-electron chi connectivity index (χ0n) is 20.5. The summed E-state index contributed by atoms with van der Waals surface area (Å²) < 4.78 is 27.6. The van der Waals surface area contributed by atoms with Crippen molar-refractivity contribution >= 4 is 39.4 Å². The summed E-state index contributed by atoms with van der Waals surface area (Å²) in [6.07, 6.45) is 6.11. The van der Waals surface area contributed by atoms with Crippen molar-refractivity contribution in [3.63, 3.8) is 0 Å². The number of rotatable bonds is 8. The molecule has 11 heteroatoms. The van der Waals surface area contributed by atoms with Gasteiger partial charge < -0.3 is 5.32 Å². The maximum absolute atomic E-state index is 13.5. The number of carbonyl (C=O) groups excluding carboxylic acids is 3. The molecule has 2 fully saturated rings. The molecule has 2 aliphatic rings. The van der Waals surface area contributed by atoms with E-state index in [0.29, 0.717) is 18.5 Å². The van der Waals surface area contributed by atoms with Gasteiger partial charge in [-0.15, -0.1) is 0 Å². The molecule has 0 unspecified atom stereocenters. The van der Waals surface area contributed by atoms with E-state index in [0.717, 1.165) is 23.3 Å². The molecule has 0 radical (unpaired) electrons. The van der Waals surface area contributed by atoms with Crippen LogP contribution in [0, 0.1) is 11.8 Å². The maximum Gasteiger partial charge on any atom is 0.264 e. The maximum atomic E-state index is 13.5. The monoisotopic (exact) mass is 533 g/mol. The molecule has 0 bridgehead atoms. The molecule has 1 aromatic heterocycles. The second-order valence-electron chi connectivity index (χ2n) is 9.44. The summed E-state index contributed by atoms with van der Waals surface area (Å²) in [5, 5.41) is 2.76.